The Balaban J connectivity index is 0.000000482. The molecule has 9 N–H and O–H groups in total. The molecule has 2 fully saturated rings. The van der Waals surface area contributed by atoms with Gasteiger partial charge in [0.05, 0.1) is 39.6 Å². The molecule has 192 valence electrons. The monoisotopic (exact) mass is 476 g/mol. The van der Waals surface area contributed by atoms with E-state index in [4.69, 9.17) is 39.0 Å². The molecule has 0 amide bonds. The summed E-state index contributed by atoms with van der Waals surface area (Å²) in [5.74, 6) is -2.22. The second-order valence-electron chi connectivity index (χ2n) is 7.09. The van der Waals surface area contributed by atoms with Crippen molar-refractivity contribution in [2.45, 2.75) is 61.7 Å². The number of hydrogen-bond donors (Lipinski definition) is 9. The predicted octanol–water partition coefficient (Wildman–Crippen LogP) is -5.36. The van der Waals surface area contributed by atoms with Crippen LogP contribution in [0, 0.1) is 0 Å². The maximum atomic E-state index is 10.00. The lowest BCUT2D eigenvalue weighted by Crippen LogP contribution is -2.62. The van der Waals surface area contributed by atoms with E-state index in [1.807, 2.05) is 6.92 Å². The Labute approximate surface area is 185 Å². The van der Waals surface area contributed by atoms with Crippen LogP contribution in [-0.2, 0) is 23.7 Å². The van der Waals surface area contributed by atoms with Crippen molar-refractivity contribution in [1.82, 2.24) is 0 Å². The minimum atomic E-state index is -2.22. The summed E-state index contributed by atoms with van der Waals surface area (Å²) in [5.41, 5.74) is 0. The molecule has 0 aromatic rings. The summed E-state index contributed by atoms with van der Waals surface area (Å²) in [7, 11) is 0. The van der Waals surface area contributed by atoms with E-state index >= 15 is 0 Å². The first-order valence-corrected chi connectivity index (χ1v) is 10.2. The second-order valence-corrected chi connectivity index (χ2v) is 7.09. The molecule has 9 atom stereocenters. The average molecular weight is 476 g/mol. The van der Waals surface area contributed by atoms with Crippen LogP contribution in [0.1, 0.15) is 6.92 Å². The van der Waals surface area contributed by atoms with Crippen molar-refractivity contribution in [3.63, 3.8) is 0 Å². The van der Waals surface area contributed by atoms with Crippen molar-refractivity contribution in [2.24, 2.45) is 0 Å². The Bertz CT molecular complexity index is 490. The van der Waals surface area contributed by atoms with Gasteiger partial charge in [-0.25, -0.2) is 0 Å². The standard InChI is InChI=1S/C12H22O11.C6H14O3/c13-1-4-6(16)8(18)9(19)11(21-4)23-12(3-15)10(20)7(17)5(2-14)22-12;1-2-8-5-6-9-4-3-7/h4-11,13-20H,1-3H2;7H,2-6H2,1H3/t4-,5-,6-,7-,8+,9-,10+,11-,12+;/m1./s1. The minimum absolute atomic E-state index is 0.0894. The first-order valence-electron chi connectivity index (χ1n) is 10.2. The van der Waals surface area contributed by atoms with Gasteiger partial charge in [0.15, 0.2) is 6.29 Å². The van der Waals surface area contributed by atoms with Crippen LogP contribution < -0.4 is 0 Å². The third-order valence-electron chi connectivity index (χ3n) is 4.88. The molecule has 2 aliphatic rings. The molecule has 32 heavy (non-hydrogen) atoms. The molecule has 0 aliphatic carbocycles. The van der Waals surface area contributed by atoms with Crippen LogP contribution in [0.5, 0.6) is 0 Å². The normalized spacial score (nSPS) is 39.6. The zero-order valence-corrected chi connectivity index (χ0v) is 17.8. The Hall–Kier alpha value is -0.560. The van der Waals surface area contributed by atoms with Crippen molar-refractivity contribution in [1.29, 1.82) is 0 Å². The average Bonchev–Trinajstić information content (AvgIpc) is 3.04. The van der Waals surface area contributed by atoms with Crippen molar-refractivity contribution in [2.75, 3.05) is 52.9 Å². The van der Waals surface area contributed by atoms with Gasteiger partial charge >= 0.3 is 0 Å². The Morgan fingerprint density at radius 2 is 1.38 bits per heavy atom. The molecule has 2 aliphatic heterocycles. The largest absolute Gasteiger partial charge is 0.394 e. The van der Waals surface area contributed by atoms with E-state index in [9.17, 15) is 30.6 Å². The fraction of sp³-hybridized carbons (Fsp3) is 1.00. The third kappa shape index (κ3) is 7.48. The molecule has 0 aromatic heterocycles. The maximum Gasteiger partial charge on any atom is 0.224 e. The SMILES string of the molecule is CCOCCOCCO.OC[C@H]1O[C@@](CO)(O[C@H]2O[C@H](CO)[C@@H](O)[C@H](O)[C@H]2O)[C@@H](O)[C@@H]1O. The van der Waals surface area contributed by atoms with E-state index in [-0.39, 0.29) is 6.61 Å². The van der Waals surface area contributed by atoms with Gasteiger partial charge in [-0.05, 0) is 6.92 Å². The summed E-state index contributed by atoms with van der Waals surface area (Å²) in [5, 5.41) is 84.9. The van der Waals surface area contributed by atoms with Crippen molar-refractivity contribution < 1.29 is 69.6 Å². The summed E-state index contributed by atoms with van der Waals surface area (Å²) in [6.45, 7) is 2.04. The molecule has 0 unspecified atom stereocenters. The molecule has 2 rings (SSSR count). The number of aliphatic hydroxyl groups is 9. The summed E-state index contributed by atoms with van der Waals surface area (Å²) >= 11 is 0. The smallest absolute Gasteiger partial charge is 0.224 e. The first-order chi connectivity index (χ1) is 15.2. The highest BCUT2D eigenvalue weighted by atomic mass is 16.8. The number of aliphatic hydroxyl groups excluding tert-OH is 9. The lowest BCUT2D eigenvalue weighted by Gasteiger charge is -2.43. The molecule has 0 aromatic carbocycles. The number of ether oxygens (including phenoxy) is 5. The summed E-state index contributed by atoms with van der Waals surface area (Å²) in [4.78, 5) is 0. The van der Waals surface area contributed by atoms with Crippen LogP contribution in [0.15, 0.2) is 0 Å². The lowest BCUT2D eigenvalue weighted by atomic mass is 9.99. The Morgan fingerprint density at radius 1 is 0.750 bits per heavy atom. The van der Waals surface area contributed by atoms with Gasteiger partial charge in [-0.3, -0.25) is 0 Å². The molecule has 0 spiro atoms. The molecule has 14 nitrogen and oxygen atoms in total. The number of hydrogen-bond acceptors (Lipinski definition) is 14. The zero-order chi connectivity index (χ0) is 24.3. The van der Waals surface area contributed by atoms with Crippen LogP contribution in [-0.4, -0.2) is 154 Å². The first kappa shape index (κ1) is 29.5. The topological polar surface area (TPSA) is 228 Å². The van der Waals surface area contributed by atoms with Crippen molar-refractivity contribution >= 4 is 0 Å². The molecule has 0 bridgehead atoms. The highest BCUT2D eigenvalue weighted by Gasteiger charge is 2.58. The molecule has 0 saturated carbocycles. The summed E-state index contributed by atoms with van der Waals surface area (Å²) < 4.78 is 25.3. The molecular weight excluding hydrogens is 440 g/mol. The minimum Gasteiger partial charge on any atom is -0.394 e. The van der Waals surface area contributed by atoms with Gasteiger partial charge in [0.2, 0.25) is 5.79 Å². The van der Waals surface area contributed by atoms with Gasteiger partial charge in [0.25, 0.3) is 0 Å². The van der Waals surface area contributed by atoms with E-state index in [0.29, 0.717) is 19.8 Å². The highest BCUT2D eigenvalue weighted by Crippen LogP contribution is 2.35. The summed E-state index contributed by atoms with van der Waals surface area (Å²) in [6.07, 6.45) is -12.7. The second kappa shape index (κ2) is 14.6. The van der Waals surface area contributed by atoms with Crippen LogP contribution >= 0.6 is 0 Å². The summed E-state index contributed by atoms with van der Waals surface area (Å²) in [6, 6.07) is 0. The highest BCUT2D eigenvalue weighted by molar-refractivity contribution is 4.98. The third-order valence-corrected chi connectivity index (χ3v) is 4.88. The fourth-order valence-corrected chi connectivity index (χ4v) is 3.06. The van der Waals surface area contributed by atoms with Gasteiger partial charge in [-0.15, -0.1) is 0 Å². The van der Waals surface area contributed by atoms with Gasteiger partial charge < -0.3 is 69.6 Å². The van der Waals surface area contributed by atoms with Gasteiger partial charge in [0.1, 0.15) is 49.3 Å². The van der Waals surface area contributed by atoms with E-state index < -0.39 is 74.6 Å². The van der Waals surface area contributed by atoms with Gasteiger partial charge in [-0.1, -0.05) is 0 Å². The fourth-order valence-electron chi connectivity index (χ4n) is 3.06. The van der Waals surface area contributed by atoms with Gasteiger partial charge in [0, 0.05) is 6.61 Å². The molecule has 0 radical (unpaired) electrons. The van der Waals surface area contributed by atoms with Crippen LogP contribution in [0.25, 0.3) is 0 Å². The Kier molecular flexibility index (Phi) is 13.5. The van der Waals surface area contributed by atoms with Crippen molar-refractivity contribution in [3.8, 4) is 0 Å². The quantitative estimate of drug-likeness (QED) is 0.127. The van der Waals surface area contributed by atoms with E-state index in [2.05, 4.69) is 0 Å². The van der Waals surface area contributed by atoms with E-state index in [1.54, 1.807) is 0 Å². The van der Waals surface area contributed by atoms with E-state index in [1.165, 1.54) is 0 Å². The van der Waals surface area contributed by atoms with E-state index in [0.717, 1.165) is 6.61 Å². The Morgan fingerprint density at radius 3 is 1.88 bits per heavy atom. The molecule has 2 heterocycles. The van der Waals surface area contributed by atoms with Crippen LogP contribution in [0.2, 0.25) is 0 Å². The lowest BCUT2D eigenvalue weighted by molar-refractivity contribution is -0.383. The molecule has 14 heteroatoms. The predicted molar refractivity (Wildman–Crippen MR) is 103 cm³/mol. The molecular formula is C18H36O14. The zero-order valence-electron chi connectivity index (χ0n) is 17.8. The molecule has 2 saturated heterocycles. The number of rotatable bonds is 11. The van der Waals surface area contributed by atoms with Crippen LogP contribution in [0.3, 0.4) is 0 Å². The van der Waals surface area contributed by atoms with Crippen molar-refractivity contribution in [3.05, 3.63) is 0 Å². The maximum absolute atomic E-state index is 10.00. The van der Waals surface area contributed by atoms with Crippen LogP contribution in [0.4, 0.5) is 0 Å². The van der Waals surface area contributed by atoms with Gasteiger partial charge in [-0.2, -0.15) is 0 Å².